The van der Waals surface area contributed by atoms with Crippen molar-refractivity contribution in [2.45, 2.75) is 6.54 Å². The van der Waals surface area contributed by atoms with Gasteiger partial charge in [0.2, 0.25) is 0 Å². The predicted octanol–water partition coefficient (Wildman–Crippen LogP) is 2.74. The van der Waals surface area contributed by atoms with Crippen molar-refractivity contribution in [2.24, 2.45) is 0 Å². The molecule has 5 heteroatoms. The maximum Gasteiger partial charge on any atom is 0.268 e. The van der Waals surface area contributed by atoms with E-state index in [0.717, 1.165) is 15.8 Å². The van der Waals surface area contributed by atoms with Gasteiger partial charge in [-0.05, 0) is 35.7 Å². The molecule has 2 aromatic heterocycles. The second kappa shape index (κ2) is 4.78. The third-order valence-corrected chi connectivity index (χ3v) is 3.77. The van der Waals surface area contributed by atoms with E-state index in [1.54, 1.807) is 11.3 Å². The van der Waals surface area contributed by atoms with E-state index in [9.17, 15) is 4.79 Å². The van der Waals surface area contributed by atoms with Crippen LogP contribution >= 0.6 is 11.3 Å². The maximum absolute atomic E-state index is 12.0. The Morgan fingerprint density at radius 2 is 2.21 bits per heavy atom. The summed E-state index contributed by atoms with van der Waals surface area (Å²) in [5, 5.41) is 5.82. The number of carbonyl (C=O) groups excluding carboxylic acids is 1. The highest BCUT2D eigenvalue weighted by molar-refractivity contribution is 7.09. The van der Waals surface area contributed by atoms with Gasteiger partial charge in [0.1, 0.15) is 5.69 Å². The van der Waals surface area contributed by atoms with Crippen molar-refractivity contribution in [2.75, 3.05) is 5.73 Å². The maximum atomic E-state index is 12.0. The second-order valence-corrected chi connectivity index (χ2v) is 5.32. The Hall–Kier alpha value is -2.27. The quantitative estimate of drug-likeness (QED) is 0.641. The van der Waals surface area contributed by atoms with Crippen LogP contribution in [-0.4, -0.2) is 10.9 Å². The number of benzene rings is 1. The number of aromatic amines is 1. The number of fused-ring (bicyclic) bond motifs is 1. The Bertz CT molecular complexity index is 715. The summed E-state index contributed by atoms with van der Waals surface area (Å²) in [7, 11) is 0. The molecule has 0 saturated carbocycles. The van der Waals surface area contributed by atoms with E-state index in [-0.39, 0.29) is 5.91 Å². The van der Waals surface area contributed by atoms with Gasteiger partial charge in [0.15, 0.2) is 0 Å². The first kappa shape index (κ1) is 11.8. The Kier molecular flexibility index (Phi) is 2.97. The molecule has 19 heavy (non-hydrogen) atoms. The number of nitrogens with one attached hydrogen (secondary N) is 2. The minimum absolute atomic E-state index is 0.108. The number of rotatable bonds is 3. The normalized spacial score (nSPS) is 10.7. The van der Waals surface area contributed by atoms with Crippen molar-refractivity contribution in [1.29, 1.82) is 0 Å². The Labute approximate surface area is 114 Å². The van der Waals surface area contributed by atoms with Crippen LogP contribution in [0.3, 0.4) is 0 Å². The molecule has 0 unspecified atom stereocenters. The van der Waals surface area contributed by atoms with Gasteiger partial charge in [-0.15, -0.1) is 11.3 Å². The lowest BCUT2D eigenvalue weighted by Gasteiger charge is -2.00. The van der Waals surface area contributed by atoms with E-state index in [1.807, 2.05) is 41.8 Å². The number of amides is 1. The van der Waals surface area contributed by atoms with Crippen LogP contribution in [-0.2, 0) is 6.54 Å². The van der Waals surface area contributed by atoms with E-state index < -0.39 is 0 Å². The number of nitrogens with two attached hydrogens (primary N) is 1. The van der Waals surface area contributed by atoms with Crippen LogP contribution in [0.25, 0.3) is 10.9 Å². The second-order valence-electron chi connectivity index (χ2n) is 4.29. The van der Waals surface area contributed by atoms with Crippen molar-refractivity contribution in [3.05, 3.63) is 52.3 Å². The highest BCUT2D eigenvalue weighted by Gasteiger charge is 2.09. The molecule has 0 fully saturated rings. The minimum Gasteiger partial charge on any atom is -0.399 e. The summed E-state index contributed by atoms with van der Waals surface area (Å²) in [6, 6.07) is 11.3. The van der Waals surface area contributed by atoms with Crippen LogP contribution in [0.5, 0.6) is 0 Å². The SMILES string of the molecule is Nc1ccc2[nH]c(C(=O)NCc3cccs3)cc2c1. The topological polar surface area (TPSA) is 70.9 Å². The Balaban J connectivity index is 1.77. The summed E-state index contributed by atoms with van der Waals surface area (Å²) in [6.07, 6.45) is 0. The van der Waals surface area contributed by atoms with Crippen molar-refractivity contribution in [3.63, 3.8) is 0 Å². The predicted molar refractivity (Wildman–Crippen MR) is 78.2 cm³/mol. The van der Waals surface area contributed by atoms with Gasteiger partial charge in [0, 0.05) is 21.5 Å². The molecule has 3 rings (SSSR count). The number of aromatic nitrogens is 1. The van der Waals surface area contributed by atoms with Crippen LogP contribution in [0, 0.1) is 0 Å². The van der Waals surface area contributed by atoms with Gasteiger partial charge < -0.3 is 16.0 Å². The van der Waals surface area contributed by atoms with Gasteiger partial charge in [0.05, 0.1) is 6.54 Å². The number of anilines is 1. The van der Waals surface area contributed by atoms with Crippen LogP contribution in [0.4, 0.5) is 5.69 Å². The first-order valence-electron chi connectivity index (χ1n) is 5.91. The van der Waals surface area contributed by atoms with E-state index in [0.29, 0.717) is 17.9 Å². The molecule has 0 spiro atoms. The largest absolute Gasteiger partial charge is 0.399 e. The molecule has 2 heterocycles. The fourth-order valence-electron chi connectivity index (χ4n) is 1.95. The van der Waals surface area contributed by atoms with E-state index in [4.69, 9.17) is 5.73 Å². The third-order valence-electron chi connectivity index (χ3n) is 2.89. The number of thiophene rings is 1. The molecule has 96 valence electrons. The molecule has 0 atom stereocenters. The first-order valence-corrected chi connectivity index (χ1v) is 6.79. The molecular formula is C14H13N3OS. The van der Waals surface area contributed by atoms with Gasteiger partial charge in [0.25, 0.3) is 5.91 Å². The van der Waals surface area contributed by atoms with Crippen molar-refractivity contribution >= 4 is 33.8 Å². The van der Waals surface area contributed by atoms with Gasteiger partial charge in [-0.1, -0.05) is 6.07 Å². The summed E-state index contributed by atoms with van der Waals surface area (Å²) >= 11 is 1.63. The highest BCUT2D eigenvalue weighted by Crippen LogP contribution is 2.18. The monoisotopic (exact) mass is 271 g/mol. The number of nitrogen functional groups attached to an aromatic ring is 1. The number of carbonyl (C=O) groups is 1. The highest BCUT2D eigenvalue weighted by atomic mass is 32.1. The zero-order chi connectivity index (χ0) is 13.2. The zero-order valence-corrected chi connectivity index (χ0v) is 11.0. The first-order chi connectivity index (χ1) is 9.22. The molecule has 1 aromatic carbocycles. The summed E-state index contributed by atoms with van der Waals surface area (Å²) < 4.78 is 0. The molecule has 0 saturated heterocycles. The smallest absolute Gasteiger partial charge is 0.268 e. The minimum atomic E-state index is -0.108. The van der Waals surface area contributed by atoms with E-state index in [2.05, 4.69) is 10.3 Å². The number of hydrogen-bond acceptors (Lipinski definition) is 3. The van der Waals surface area contributed by atoms with Crippen LogP contribution in [0.1, 0.15) is 15.4 Å². The Morgan fingerprint density at radius 1 is 1.32 bits per heavy atom. The summed E-state index contributed by atoms with van der Waals surface area (Å²) in [5.74, 6) is -0.108. The van der Waals surface area contributed by atoms with Gasteiger partial charge in [-0.2, -0.15) is 0 Å². The van der Waals surface area contributed by atoms with Gasteiger partial charge in [-0.25, -0.2) is 0 Å². The molecule has 4 N–H and O–H groups in total. The average molecular weight is 271 g/mol. The van der Waals surface area contributed by atoms with E-state index >= 15 is 0 Å². The van der Waals surface area contributed by atoms with Crippen molar-refractivity contribution in [1.82, 2.24) is 10.3 Å². The van der Waals surface area contributed by atoms with Crippen LogP contribution in [0.2, 0.25) is 0 Å². The van der Waals surface area contributed by atoms with Crippen LogP contribution in [0.15, 0.2) is 41.8 Å². The fraction of sp³-hybridized carbons (Fsp3) is 0.0714. The molecule has 0 bridgehead atoms. The van der Waals surface area contributed by atoms with Gasteiger partial charge in [-0.3, -0.25) is 4.79 Å². The van der Waals surface area contributed by atoms with E-state index in [1.165, 1.54) is 0 Å². The molecule has 3 aromatic rings. The lowest BCUT2D eigenvalue weighted by molar-refractivity contribution is 0.0947. The average Bonchev–Trinajstić information content (AvgIpc) is 3.04. The lowest BCUT2D eigenvalue weighted by Crippen LogP contribution is -2.22. The van der Waals surface area contributed by atoms with Gasteiger partial charge >= 0.3 is 0 Å². The summed E-state index contributed by atoms with van der Waals surface area (Å²) in [6.45, 7) is 0.550. The summed E-state index contributed by atoms with van der Waals surface area (Å²) in [4.78, 5) is 16.2. The van der Waals surface area contributed by atoms with Crippen LogP contribution < -0.4 is 11.1 Å². The molecule has 1 amide bonds. The Morgan fingerprint density at radius 3 is 3.00 bits per heavy atom. The number of hydrogen-bond donors (Lipinski definition) is 3. The molecule has 0 aliphatic heterocycles. The third kappa shape index (κ3) is 2.46. The molecule has 4 nitrogen and oxygen atoms in total. The summed E-state index contributed by atoms with van der Waals surface area (Å²) in [5.41, 5.74) is 7.88. The molecule has 0 radical (unpaired) electrons. The van der Waals surface area contributed by atoms with Crippen molar-refractivity contribution in [3.8, 4) is 0 Å². The lowest BCUT2D eigenvalue weighted by atomic mass is 10.2. The standard InChI is InChI=1S/C14H13N3OS/c15-10-3-4-12-9(6-10)7-13(17-12)14(18)16-8-11-2-1-5-19-11/h1-7,17H,8,15H2,(H,16,18). The zero-order valence-electron chi connectivity index (χ0n) is 10.1. The van der Waals surface area contributed by atoms with Crippen molar-refractivity contribution < 1.29 is 4.79 Å². The molecule has 0 aliphatic carbocycles. The number of H-pyrrole nitrogens is 1. The molecular weight excluding hydrogens is 258 g/mol. The fourth-order valence-corrected chi connectivity index (χ4v) is 2.59. The molecule has 0 aliphatic rings.